The van der Waals surface area contributed by atoms with Gasteiger partial charge in [0.25, 0.3) is 0 Å². The third-order valence-corrected chi connectivity index (χ3v) is 3.28. The summed E-state index contributed by atoms with van der Waals surface area (Å²) in [5, 5.41) is 1.25. The zero-order valence-electron chi connectivity index (χ0n) is 8.63. The fourth-order valence-electron chi connectivity index (χ4n) is 1.73. The van der Waals surface area contributed by atoms with Crippen LogP contribution in [-0.2, 0) is 0 Å². The minimum atomic E-state index is -4.43. The lowest BCUT2D eigenvalue weighted by Gasteiger charge is -2.18. The Morgan fingerprint density at radius 2 is 1.59 bits per heavy atom. The molecule has 90 valence electrons. The van der Waals surface area contributed by atoms with Crippen LogP contribution in [0.5, 0.6) is 0 Å². The molecule has 0 amide bonds. The van der Waals surface area contributed by atoms with E-state index in [1.165, 1.54) is 6.07 Å². The average Bonchev–Trinajstić information content (AvgIpc) is 2.28. The molecular formula is C12H9BrF3N. The van der Waals surface area contributed by atoms with Crippen LogP contribution in [0.15, 0.2) is 40.9 Å². The monoisotopic (exact) mass is 303 g/mol. The molecule has 2 aromatic rings. The topological polar surface area (TPSA) is 26.0 Å². The van der Waals surface area contributed by atoms with E-state index in [4.69, 9.17) is 5.73 Å². The number of nitrogens with two attached hydrogens (primary N) is 1. The lowest BCUT2D eigenvalue weighted by Crippen LogP contribution is -2.28. The Balaban J connectivity index is 2.67. The molecule has 0 bridgehead atoms. The highest BCUT2D eigenvalue weighted by atomic mass is 79.9. The van der Waals surface area contributed by atoms with Crippen LogP contribution in [0, 0.1) is 0 Å². The zero-order chi connectivity index (χ0) is 12.6. The van der Waals surface area contributed by atoms with Gasteiger partial charge in [-0.15, -0.1) is 0 Å². The third-order valence-electron chi connectivity index (χ3n) is 2.59. The highest BCUT2D eigenvalue weighted by molar-refractivity contribution is 9.10. The van der Waals surface area contributed by atoms with Gasteiger partial charge in [0, 0.05) is 4.47 Å². The molecule has 0 radical (unpaired) electrons. The standard InChI is InChI=1S/C12H9BrF3N/c13-10-6-5-9(11(17)12(14,15)16)7-3-1-2-4-8(7)10/h1-6,11H,17H2/t11-/m0/s1. The van der Waals surface area contributed by atoms with Crippen LogP contribution in [-0.4, -0.2) is 6.18 Å². The Kier molecular flexibility index (Phi) is 3.14. The number of alkyl halides is 3. The first kappa shape index (κ1) is 12.4. The molecule has 2 rings (SSSR count). The Bertz CT molecular complexity index is 551. The molecule has 0 heterocycles. The summed E-state index contributed by atoms with van der Waals surface area (Å²) in [6.45, 7) is 0. The Morgan fingerprint density at radius 1 is 1.00 bits per heavy atom. The third kappa shape index (κ3) is 2.30. The van der Waals surface area contributed by atoms with Crippen molar-refractivity contribution in [3.63, 3.8) is 0 Å². The van der Waals surface area contributed by atoms with E-state index in [1.807, 2.05) is 0 Å². The van der Waals surface area contributed by atoms with Gasteiger partial charge in [0.1, 0.15) is 6.04 Å². The van der Waals surface area contributed by atoms with Gasteiger partial charge < -0.3 is 5.73 Å². The lowest BCUT2D eigenvalue weighted by molar-refractivity contribution is -0.148. The minimum absolute atomic E-state index is 0.0938. The number of halogens is 4. The lowest BCUT2D eigenvalue weighted by atomic mass is 9.99. The molecule has 5 heteroatoms. The van der Waals surface area contributed by atoms with E-state index in [-0.39, 0.29) is 5.56 Å². The number of hydrogen-bond acceptors (Lipinski definition) is 1. The van der Waals surface area contributed by atoms with Gasteiger partial charge in [-0.3, -0.25) is 0 Å². The van der Waals surface area contributed by atoms with Crippen molar-refractivity contribution in [1.29, 1.82) is 0 Å². The quantitative estimate of drug-likeness (QED) is 0.841. The maximum atomic E-state index is 12.6. The SMILES string of the molecule is N[C@@H](c1ccc(Br)c2ccccc12)C(F)(F)F. The van der Waals surface area contributed by atoms with Crippen molar-refractivity contribution >= 4 is 26.7 Å². The Hall–Kier alpha value is -1.07. The molecule has 0 saturated heterocycles. The van der Waals surface area contributed by atoms with Gasteiger partial charge >= 0.3 is 6.18 Å². The van der Waals surface area contributed by atoms with Crippen LogP contribution >= 0.6 is 15.9 Å². The van der Waals surface area contributed by atoms with Crippen LogP contribution in [0.2, 0.25) is 0 Å². The van der Waals surface area contributed by atoms with E-state index in [2.05, 4.69) is 15.9 Å². The normalized spacial score (nSPS) is 13.9. The van der Waals surface area contributed by atoms with Crippen molar-refractivity contribution in [3.05, 3.63) is 46.4 Å². The van der Waals surface area contributed by atoms with Gasteiger partial charge in [-0.25, -0.2) is 0 Å². The summed E-state index contributed by atoms with van der Waals surface area (Å²) in [5.74, 6) is 0. The van der Waals surface area contributed by atoms with Crippen LogP contribution in [0.4, 0.5) is 13.2 Å². The molecule has 0 aliphatic carbocycles. The fraction of sp³-hybridized carbons (Fsp3) is 0.167. The summed E-state index contributed by atoms with van der Waals surface area (Å²) in [6.07, 6.45) is -4.43. The highest BCUT2D eigenvalue weighted by Crippen LogP contribution is 2.36. The van der Waals surface area contributed by atoms with Crippen molar-refractivity contribution in [2.45, 2.75) is 12.2 Å². The van der Waals surface area contributed by atoms with Crippen molar-refractivity contribution in [2.24, 2.45) is 5.73 Å². The van der Waals surface area contributed by atoms with E-state index >= 15 is 0 Å². The molecule has 0 aliphatic rings. The first-order chi connectivity index (χ1) is 7.91. The molecule has 1 atom stereocenters. The molecule has 2 N–H and O–H groups in total. The van der Waals surface area contributed by atoms with Crippen LogP contribution in [0.1, 0.15) is 11.6 Å². The molecule has 17 heavy (non-hydrogen) atoms. The van der Waals surface area contributed by atoms with Crippen LogP contribution < -0.4 is 5.73 Å². The second kappa shape index (κ2) is 4.31. The Labute approximate surface area is 105 Å². The first-order valence-corrected chi connectivity index (χ1v) is 5.70. The summed E-state index contributed by atoms with van der Waals surface area (Å²) in [4.78, 5) is 0. The molecule has 1 nitrogen and oxygen atoms in total. The van der Waals surface area contributed by atoms with Gasteiger partial charge in [0.15, 0.2) is 0 Å². The van der Waals surface area contributed by atoms with Gasteiger partial charge in [-0.05, 0) is 22.4 Å². The van der Waals surface area contributed by atoms with Crippen molar-refractivity contribution < 1.29 is 13.2 Å². The predicted octanol–water partition coefficient (Wildman–Crippen LogP) is 4.16. The highest BCUT2D eigenvalue weighted by Gasteiger charge is 2.38. The fourth-order valence-corrected chi connectivity index (χ4v) is 2.21. The van der Waals surface area contributed by atoms with E-state index in [0.29, 0.717) is 5.39 Å². The number of hydrogen-bond donors (Lipinski definition) is 1. The Morgan fingerprint density at radius 3 is 2.18 bits per heavy atom. The summed E-state index contributed by atoms with van der Waals surface area (Å²) < 4.78 is 38.6. The molecule has 0 aliphatic heterocycles. The predicted molar refractivity (Wildman–Crippen MR) is 64.6 cm³/mol. The molecule has 0 saturated carbocycles. The van der Waals surface area contributed by atoms with Gasteiger partial charge in [0.05, 0.1) is 0 Å². The van der Waals surface area contributed by atoms with E-state index in [1.54, 1.807) is 30.3 Å². The number of rotatable bonds is 1. The second-order valence-corrected chi connectivity index (χ2v) is 4.56. The summed E-state index contributed by atoms with van der Waals surface area (Å²) in [6, 6.07) is 7.90. The van der Waals surface area contributed by atoms with Crippen LogP contribution in [0.25, 0.3) is 10.8 Å². The molecular weight excluding hydrogens is 295 g/mol. The molecule has 0 fully saturated rings. The largest absolute Gasteiger partial charge is 0.407 e. The first-order valence-electron chi connectivity index (χ1n) is 4.90. The van der Waals surface area contributed by atoms with Gasteiger partial charge in [-0.1, -0.05) is 46.3 Å². The molecule has 0 aromatic heterocycles. The summed E-state index contributed by atoms with van der Waals surface area (Å²) >= 11 is 3.31. The van der Waals surface area contributed by atoms with E-state index in [0.717, 1.165) is 9.86 Å². The van der Waals surface area contributed by atoms with Crippen molar-refractivity contribution in [1.82, 2.24) is 0 Å². The van der Waals surface area contributed by atoms with E-state index in [9.17, 15) is 13.2 Å². The number of fused-ring (bicyclic) bond motifs is 1. The minimum Gasteiger partial charge on any atom is -0.316 e. The van der Waals surface area contributed by atoms with Gasteiger partial charge in [-0.2, -0.15) is 13.2 Å². The maximum Gasteiger partial charge on any atom is 0.407 e. The van der Waals surface area contributed by atoms with Crippen LogP contribution in [0.3, 0.4) is 0 Å². The molecule has 0 spiro atoms. The summed E-state index contributed by atoms with van der Waals surface area (Å²) in [7, 11) is 0. The van der Waals surface area contributed by atoms with E-state index < -0.39 is 12.2 Å². The zero-order valence-corrected chi connectivity index (χ0v) is 10.2. The molecule has 2 aromatic carbocycles. The van der Waals surface area contributed by atoms with Crippen molar-refractivity contribution in [2.75, 3.05) is 0 Å². The summed E-state index contributed by atoms with van der Waals surface area (Å²) in [5.41, 5.74) is 5.34. The maximum absolute atomic E-state index is 12.6. The smallest absolute Gasteiger partial charge is 0.316 e. The average molecular weight is 304 g/mol. The van der Waals surface area contributed by atoms with Crippen molar-refractivity contribution in [3.8, 4) is 0 Å². The second-order valence-electron chi connectivity index (χ2n) is 3.70. The molecule has 0 unspecified atom stereocenters. The van der Waals surface area contributed by atoms with Gasteiger partial charge in [0.2, 0.25) is 0 Å². The number of benzene rings is 2.